The standard InChI is InChI=1S/C32H36N4O4/c1-20(15-17-25-21(2)27(19-33)31(39)35(29(25)37)23-11-7-5-8-12-23)16-18-26-22(3)28(34-4)32(40)36(30(26)38)24-13-9-6-10-14-24/h15-18,23-24,40H,5-14H2,1-3H3/b18-16?,20-15?,25-17-. The maximum absolute atomic E-state index is 13.5. The van der Waals surface area contributed by atoms with Crippen molar-refractivity contribution >= 4 is 23.6 Å². The molecular weight excluding hydrogens is 504 g/mol. The predicted molar refractivity (Wildman–Crippen MR) is 153 cm³/mol. The van der Waals surface area contributed by atoms with Gasteiger partial charge < -0.3 is 5.11 Å². The van der Waals surface area contributed by atoms with E-state index in [1.807, 2.05) is 13.0 Å². The van der Waals surface area contributed by atoms with E-state index in [4.69, 9.17) is 6.57 Å². The van der Waals surface area contributed by atoms with Crippen molar-refractivity contribution in [3.8, 4) is 11.9 Å². The lowest BCUT2D eigenvalue weighted by Crippen LogP contribution is -2.49. The molecule has 8 heteroatoms. The Labute approximate surface area is 235 Å². The van der Waals surface area contributed by atoms with Gasteiger partial charge in [0.15, 0.2) is 5.88 Å². The number of hydrogen-bond donors (Lipinski definition) is 1. The van der Waals surface area contributed by atoms with Crippen molar-refractivity contribution in [2.24, 2.45) is 0 Å². The van der Waals surface area contributed by atoms with Crippen LogP contribution in [0.15, 0.2) is 45.3 Å². The number of carbonyl (C=O) groups is 2. The number of imide groups is 1. The lowest BCUT2D eigenvalue weighted by Gasteiger charge is -2.36. The molecule has 0 saturated heterocycles. The van der Waals surface area contributed by atoms with Gasteiger partial charge in [-0.15, -0.1) is 0 Å². The van der Waals surface area contributed by atoms with E-state index in [9.17, 15) is 24.8 Å². The molecule has 0 bridgehead atoms. The van der Waals surface area contributed by atoms with Crippen LogP contribution in [0, 0.1) is 24.8 Å². The topological polar surface area (TPSA) is 108 Å². The zero-order valence-electron chi connectivity index (χ0n) is 23.5. The van der Waals surface area contributed by atoms with Crippen molar-refractivity contribution in [2.75, 3.05) is 0 Å². The van der Waals surface area contributed by atoms with Crippen LogP contribution in [0.2, 0.25) is 0 Å². The second-order valence-electron chi connectivity index (χ2n) is 11.0. The van der Waals surface area contributed by atoms with Crippen molar-refractivity contribution < 1.29 is 14.7 Å². The number of pyridine rings is 1. The number of rotatable bonds is 5. The first-order valence-corrected chi connectivity index (χ1v) is 14.1. The Kier molecular flexibility index (Phi) is 8.90. The average Bonchev–Trinajstić information content (AvgIpc) is 2.94. The van der Waals surface area contributed by atoms with E-state index in [1.165, 1.54) is 9.47 Å². The van der Waals surface area contributed by atoms with E-state index in [0.29, 0.717) is 22.3 Å². The monoisotopic (exact) mass is 540 g/mol. The first kappa shape index (κ1) is 28.8. The molecule has 2 aliphatic carbocycles. The molecule has 2 amide bonds. The minimum atomic E-state index is -0.512. The molecule has 40 heavy (non-hydrogen) atoms. The van der Waals surface area contributed by atoms with Gasteiger partial charge in [0.25, 0.3) is 17.4 Å². The van der Waals surface area contributed by atoms with Gasteiger partial charge >= 0.3 is 0 Å². The number of aromatic nitrogens is 1. The van der Waals surface area contributed by atoms with Crippen LogP contribution >= 0.6 is 0 Å². The molecule has 0 spiro atoms. The summed E-state index contributed by atoms with van der Waals surface area (Å²) in [6.07, 6.45) is 15.8. The van der Waals surface area contributed by atoms with E-state index < -0.39 is 5.91 Å². The summed E-state index contributed by atoms with van der Waals surface area (Å²) in [5.41, 5.74) is 1.93. The van der Waals surface area contributed by atoms with Crippen molar-refractivity contribution in [1.82, 2.24) is 9.47 Å². The van der Waals surface area contributed by atoms with Crippen LogP contribution in [-0.4, -0.2) is 32.4 Å². The smallest absolute Gasteiger partial charge is 0.271 e. The van der Waals surface area contributed by atoms with E-state index in [0.717, 1.165) is 69.8 Å². The number of allylic oxidation sites excluding steroid dienone is 4. The highest BCUT2D eigenvalue weighted by atomic mass is 16.3. The maximum atomic E-state index is 13.5. The lowest BCUT2D eigenvalue weighted by molar-refractivity contribution is -0.144. The van der Waals surface area contributed by atoms with Gasteiger partial charge in [0.05, 0.1) is 6.57 Å². The summed E-state index contributed by atoms with van der Waals surface area (Å²) in [4.78, 5) is 44.7. The van der Waals surface area contributed by atoms with Crippen LogP contribution in [-0.2, 0) is 9.59 Å². The molecule has 0 radical (unpaired) electrons. The molecule has 1 aliphatic heterocycles. The van der Waals surface area contributed by atoms with Crippen LogP contribution in [0.3, 0.4) is 0 Å². The van der Waals surface area contributed by atoms with Crippen molar-refractivity contribution in [2.45, 2.75) is 97.1 Å². The minimum absolute atomic E-state index is 0.00678. The molecule has 1 aromatic rings. The van der Waals surface area contributed by atoms with E-state index >= 15 is 0 Å². The first-order chi connectivity index (χ1) is 19.2. The number of hydrogen-bond acceptors (Lipinski definition) is 5. The zero-order valence-corrected chi connectivity index (χ0v) is 23.5. The molecule has 2 heterocycles. The summed E-state index contributed by atoms with van der Waals surface area (Å²) >= 11 is 0. The molecule has 1 N–H and O–H groups in total. The normalized spacial score (nSPS) is 20.9. The molecule has 3 aliphatic rings. The number of amides is 2. The molecule has 0 unspecified atom stereocenters. The Balaban J connectivity index is 1.69. The van der Waals surface area contributed by atoms with Gasteiger partial charge in [-0.3, -0.25) is 23.9 Å². The van der Waals surface area contributed by atoms with Gasteiger partial charge in [-0.1, -0.05) is 62.3 Å². The van der Waals surface area contributed by atoms with Gasteiger partial charge in [-0.25, -0.2) is 4.85 Å². The summed E-state index contributed by atoms with van der Waals surface area (Å²) in [5.74, 6) is -1.16. The van der Waals surface area contributed by atoms with E-state index in [2.05, 4.69) is 4.85 Å². The Morgan fingerprint density at radius 3 is 2.17 bits per heavy atom. The van der Waals surface area contributed by atoms with Crippen molar-refractivity contribution in [1.29, 1.82) is 5.26 Å². The summed E-state index contributed by atoms with van der Waals surface area (Å²) < 4.78 is 1.38. The molecule has 4 rings (SSSR count). The molecule has 0 aromatic carbocycles. The Morgan fingerprint density at radius 2 is 1.60 bits per heavy atom. The Hall–Kier alpha value is -4.17. The van der Waals surface area contributed by atoms with E-state index in [-0.39, 0.29) is 40.7 Å². The average molecular weight is 541 g/mol. The maximum Gasteiger partial charge on any atom is 0.271 e. The second kappa shape index (κ2) is 12.3. The van der Waals surface area contributed by atoms with Crippen LogP contribution in [0.5, 0.6) is 5.88 Å². The summed E-state index contributed by atoms with van der Waals surface area (Å²) in [6.45, 7) is 12.7. The van der Waals surface area contributed by atoms with E-state index in [1.54, 1.807) is 38.2 Å². The number of carbonyl (C=O) groups excluding carboxylic acids is 2. The van der Waals surface area contributed by atoms with Crippen LogP contribution in [0.1, 0.15) is 95.2 Å². The van der Waals surface area contributed by atoms with Crippen molar-refractivity contribution in [3.63, 3.8) is 0 Å². The molecule has 208 valence electrons. The van der Waals surface area contributed by atoms with Crippen molar-refractivity contribution in [3.05, 3.63) is 73.4 Å². The quantitative estimate of drug-likeness (QED) is 0.203. The third-order valence-electron chi connectivity index (χ3n) is 8.44. The highest BCUT2D eigenvalue weighted by Crippen LogP contribution is 2.37. The fourth-order valence-electron chi connectivity index (χ4n) is 6.09. The highest BCUT2D eigenvalue weighted by Gasteiger charge is 2.39. The third kappa shape index (κ3) is 5.45. The van der Waals surface area contributed by atoms with Gasteiger partial charge in [0.2, 0.25) is 5.69 Å². The summed E-state index contributed by atoms with van der Waals surface area (Å²) in [6, 6.07) is 1.67. The van der Waals surface area contributed by atoms with Gasteiger partial charge in [-0.05, 0) is 63.7 Å². The number of nitriles is 1. The molecule has 8 nitrogen and oxygen atoms in total. The molecule has 2 saturated carbocycles. The summed E-state index contributed by atoms with van der Waals surface area (Å²) in [7, 11) is 0. The number of aromatic hydroxyl groups is 1. The van der Waals surface area contributed by atoms with Gasteiger partial charge in [0, 0.05) is 23.2 Å². The minimum Gasteiger partial charge on any atom is -0.503 e. The first-order valence-electron chi connectivity index (χ1n) is 14.1. The zero-order chi connectivity index (χ0) is 29.0. The predicted octanol–water partition coefficient (Wildman–Crippen LogP) is 6.35. The van der Waals surface area contributed by atoms with Gasteiger partial charge in [0.1, 0.15) is 11.6 Å². The Morgan fingerprint density at radius 1 is 1.00 bits per heavy atom. The number of nitrogens with zero attached hydrogens (tertiary/aromatic N) is 4. The van der Waals surface area contributed by atoms with Crippen LogP contribution in [0.25, 0.3) is 10.9 Å². The molecule has 0 atom stereocenters. The lowest BCUT2D eigenvalue weighted by atomic mass is 9.89. The summed E-state index contributed by atoms with van der Waals surface area (Å²) in [5, 5.41) is 20.5. The SMILES string of the molecule is [C-]#[N+]c1c(C)c(C=CC(C)=C/C=C2\C(=O)N(C3CCCCC3)C(=O)C(C#N)=C2C)c(=O)n(C2CCCCC2)c1O. The highest BCUT2D eigenvalue weighted by molar-refractivity contribution is 6.18. The van der Waals surface area contributed by atoms with Crippen LogP contribution < -0.4 is 5.56 Å². The fourth-order valence-corrected chi connectivity index (χ4v) is 6.09. The second-order valence-corrected chi connectivity index (χ2v) is 11.0. The molecule has 2 fully saturated rings. The molecular formula is C32H36N4O4. The Bertz CT molecular complexity index is 1480. The largest absolute Gasteiger partial charge is 0.503 e. The fraction of sp³-hybridized carbons (Fsp3) is 0.469. The van der Waals surface area contributed by atoms with Crippen LogP contribution in [0.4, 0.5) is 5.69 Å². The third-order valence-corrected chi connectivity index (χ3v) is 8.44. The molecule has 1 aromatic heterocycles. The van der Waals surface area contributed by atoms with Gasteiger partial charge in [-0.2, -0.15) is 5.26 Å².